The summed E-state index contributed by atoms with van der Waals surface area (Å²) in [6, 6.07) is 35.6. The Bertz CT molecular complexity index is 1570. The van der Waals surface area contributed by atoms with E-state index in [0.717, 1.165) is 54.4 Å². The first-order valence-electron chi connectivity index (χ1n) is 14.7. The predicted octanol–water partition coefficient (Wildman–Crippen LogP) is 8.15. The van der Waals surface area contributed by atoms with E-state index in [1.807, 2.05) is 24.3 Å². The quantitative estimate of drug-likeness (QED) is 0.184. The molecule has 4 heteroatoms. The monoisotopic (exact) mass is 555 g/mol. The molecule has 1 spiro atoms. The van der Waals surface area contributed by atoms with Crippen LogP contribution in [-0.4, -0.2) is 20.2 Å². The zero-order valence-corrected chi connectivity index (χ0v) is 25.2. The van der Waals surface area contributed by atoms with Gasteiger partial charge < -0.3 is 4.43 Å². The summed E-state index contributed by atoms with van der Waals surface area (Å²) in [7, 11) is -2.63. The zero-order chi connectivity index (χ0) is 28.7. The van der Waals surface area contributed by atoms with Crippen molar-refractivity contribution in [3.63, 3.8) is 0 Å². The van der Waals surface area contributed by atoms with Crippen LogP contribution in [0.25, 0.3) is 16.0 Å². The molecule has 0 amide bonds. The molecule has 4 aromatic carbocycles. The number of hydrogen-bond donors (Lipinski definition) is 0. The van der Waals surface area contributed by atoms with E-state index in [1.54, 1.807) is 0 Å². The van der Waals surface area contributed by atoms with Crippen LogP contribution in [0, 0.1) is 12.0 Å². The van der Waals surface area contributed by atoms with Crippen molar-refractivity contribution >= 4 is 30.2 Å². The number of fused-ring (bicyclic) bond motifs is 1. The first-order chi connectivity index (χ1) is 19.8. The number of hydrogen-bond acceptors (Lipinski definition) is 2. The molecule has 2 aliphatic rings. The smallest absolute Gasteiger partial charge is 0.261 e. The topological polar surface area (TPSA) is 30.7 Å². The molecule has 0 aromatic heterocycles. The minimum Gasteiger partial charge on any atom is -0.404 e. The van der Waals surface area contributed by atoms with Gasteiger partial charge in [-0.15, -0.1) is 0 Å². The summed E-state index contributed by atoms with van der Waals surface area (Å²) >= 11 is 0. The lowest BCUT2D eigenvalue weighted by Gasteiger charge is -2.47. The van der Waals surface area contributed by atoms with Gasteiger partial charge in [-0.25, -0.2) is 4.85 Å². The molecule has 0 aliphatic heterocycles. The summed E-state index contributed by atoms with van der Waals surface area (Å²) in [5.41, 5.74) is 4.30. The number of carbonyl (C=O) groups excluding carboxylic acids is 1. The number of nitrogens with zero attached hydrogens (tertiary/aromatic N) is 1. The molecule has 1 saturated carbocycles. The van der Waals surface area contributed by atoms with Gasteiger partial charge in [0, 0.05) is 17.1 Å². The molecule has 4 aromatic rings. The first kappa shape index (κ1) is 27.4. The molecular formula is C37H37NO2Si. The zero-order valence-electron chi connectivity index (χ0n) is 24.2. The third-order valence-electron chi connectivity index (χ3n) is 9.32. The van der Waals surface area contributed by atoms with Gasteiger partial charge in [0.15, 0.2) is 11.5 Å². The Kier molecular flexibility index (Phi) is 7.06. The lowest BCUT2D eigenvalue weighted by Crippen LogP contribution is -2.68. The van der Waals surface area contributed by atoms with E-state index >= 15 is 0 Å². The van der Waals surface area contributed by atoms with Crippen LogP contribution < -0.4 is 10.4 Å². The van der Waals surface area contributed by atoms with E-state index in [0.29, 0.717) is 11.5 Å². The molecule has 0 unspecified atom stereocenters. The van der Waals surface area contributed by atoms with Crippen LogP contribution in [0.4, 0.5) is 5.69 Å². The number of Topliss-reactive ketones (excluding diaryl/α,β-unsaturated/α-hetero) is 1. The fourth-order valence-electron chi connectivity index (χ4n) is 7.21. The van der Waals surface area contributed by atoms with Gasteiger partial charge in [0.05, 0.1) is 6.57 Å². The molecule has 3 nitrogen and oxygen atoms in total. The molecule has 0 atom stereocenters. The van der Waals surface area contributed by atoms with E-state index in [9.17, 15) is 4.79 Å². The van der Waals surface area contributed by atoms with Gasteiger partial charge in [0.2, 0.25) is 0 Å². The Balaban J connectivity index is 1.26. The minimum atomic E-state index is -2.63. The second kappa shape index (κ2) is 10.6. The van der Waals surface area contributed by atoms with Crippen LogP contribution in [0.1, 0.15) is 62.4 Å². The molecule has 0 radical (unpaired) electrons. The average Bonchev–Trinajstić information content (AvgIpc) is 3.27. The maximum absolute atomic E-state index is 14.0. The van der Waals surface area contributed by atoms with Gasteiger partial charge in [0.25, 0.3) is 8.32 Å². The van der Waals surface area contributed by atoms with Crippen LogP contribution in [-0.2, 0) is 10.8 Å². The Morgan fingerprint density at radius 2 is 1.41 bits per heavy atom. The van der Waals surface area contributed by atoms with Crippen LogP contribution in [0.3, 0.4) is 0 Å². The Morgan fingerprint density at radius 1 is 0.805 bits per heavy atom. The van der Waals surface area contributed by atoms with Crippen LogP contribution in [0.5, 0.6) is 0 Å². The lowest BCUT2D eigenvalue weighted by molar-refractivity contribution is 0.0555. The SMILES string of the molecule is [C-]#[N+]c1cccc(-c2ccc3c(c2)C(=O)C2(CCC(O[Si](c4ccccc4)(c4ccccc4)C(C)(C)C)CC2)C3)c1. The van der Waals surface area contributed by atoms with Crippen molar-refractivity contribution in [2.24, 2.45) is 5.41 Å². The third-order valence-corrected chi connectivity index (χ3v) is 14.4. The van der Waals surface area contributed by atoms with Gasteiger partial charge in [-0.1, -0.05) is 112 Å². The van der Waals surface area contributed by atoms with Crippen molar-refractivity contribution in [2.45, 2.75) is 64.0 Å². The molecule has 0 N–H and O–H groups in total. The van der Waals surface area contributed by atoms with Crippen LogP contribution in [0.15, 0.2) is 103 Å². The molecular weight excluding hydrogens is 518 g/mol. The number of rotatable bonds is 5. The molecule has 41 heavy (non-hydrogen) atoms. The summed E-state index contributed by atoms with van der Waals surface area (Å²) in [6.45, 7) is 14.3. The highest BCUT2D eigenvalue weighted by atomic mass is 28.4. The van der Waals surface area contributed by atoms with Crippen molar-refractivity contribution in [2.75, 3.05) is 0 Å². The molecule has 2 aliphatic carbocycles. The fraction of sp³-hybridized carbons (Fsp3) is 0.297. The van der Waals surface area contributed by atoms with E-state index in [2.05, 4.69) is 104 Å². The van der Waals surface area contributed by atoms with E-state index in [1.165, 1.54) is 10.4 Å². The van der Waals surface area contributed by atoms with Crippen LogP contribution in [0.2, 0.25) is 5.04 Å². The second-order valence-corrected chi connectivity index (χ2v) is 17.1. The van der Waals surface area contributed by atoms with Crippen molar-refractivity contribution in [1.82, 2.24) is 0 Å². The Morgan fingerprint density at radius 3 is 2.00 bits per heavy atom. The molecule has 206 valence electrons. The summed E-state index contributed by atoms with van der Waals surface area (Å²) in [5, 5.41) is 2.54. The normalized spacial score (nSPS) is 20.5. The Hall–Kier alpha value is -3.78. The maximum Gasteiger partial charge on any atom is 0.261 e. The van der Waals surface area contributed by atoms with Crippen LogP contribution >= 0.6 is 0 Å². The number of benzene rings is 4. The second-order valence-electron chi connectivity index (χ2n) is 12.8. The van der Waals surface area contributed by atoms with Gasteiger partial charge >= 0.3 is 0 Å². The van der Waals surface area contributed by atoms with Gasteiger partial charge in [0.1, 0.15) is 0 Å². The molecule has 0 heterocycles. The molecule has 0 saturated heterocycles. The van der Waals surface area contributed by atoms with E-state index in [-0.39, 0.29) is 16.6 Å². The highest BCUT2D eigenvalue weighted by Crippen LogP contribution is 2.49. The lowest BCUT2D eigenvalue weighted by atomic mass is 9.70. The fourth-order valence-corrected chi connectivity index (χ4v) is 12.0. The summed E-state index contributed by atoms with van der Waals surface area (Å²) in [6.07, 6.45) is 4.43. The average molecular weight is 556 g/mol. The van der Waals surface area contributed by atoms with Gasteiger partial charge in [-0.3, -0.25) is 4.79 Å². The van der Waals surface area contributed by atoms with Crippen molar-refractivity contribution in [3.05, 3.63) is 126 Å². The molecule has 1 fully saturated rings. The highest BCUT2D eigenvalue weighted by molar-refractivity contribution is 6.99. The summed E-state index contributed by atoms with van der Waals surface area (Å²) in [4.78, 5) is 17.6. The molecule has 6 rings (SSSR count). The van der Waals surface area contributed by atoms with Gasteiger partial charge in [-0.05, 0) is 76.3 Å². The largest absolute Gasteiger partial charge is 0.404 e. The standard InChI is InChI=1S/C37H37NO2Si/c1-36(2,3)41(32-14-7-5-8-15-32,33-16-9-6-10-17-33)40-31-20-22-37(23-21-31)26-29-19-18-28(25-34(29)35(37)39)27-12-11-13-30(24-27)38-4/h5-19,24-25,31H,20-23,26H2,1-3H3. The summed E-state index contributed by atoms with van der Waals surface area (Å²) in [5.74, 6) is 0.291. The predicted molar refractivity (Wildman–Crippen MR) is 170 cm³/mol. The van der Waals surface area contributed by atoms with Crippen molar-refractivity contribution < 1.29 is 9.22 Å². The minimum absolute atomic E-state index is 0.0643. The van der Waals surface area contributed by atoms with Crippen molar-refractivity contribution in [3.8, 4) is 11.1 Å². The van der Waals surface area contributed by atoms with E-state index in [4.69, 9.17) is 11.0 Å². The van der Waals surface area contributed by atoms with E-state index < -0.39 is 8.32 Å². The maximum atomic E-state index is 14.0. The summed E-state index contributed by atoms with van der Waals surface area (Å²) < 4.78 is 7.43. The Labute approximate surface area is 245 Å². The third kappa shape index (κ3) is 4.78. The van der Waals surface area contributed by atoms with Gasteiger partial charge in [-0.2, -0.15) is 0 Å². The highest BCUT2D eigenvalue weighted by Gasteiger charge is 2.53. The number of ketones is 1. The van der Waals surface area contributed by atoms with Crippen molar-refractivity contribution in [1.29, 1.82) is 0 Å². The first-order valence-corrected chi connectivity index (χ1v) is 16.6. The molecule has 0 bridgehead atoms. The number of carbonyl (C=O) groups is 1.